The first-order valence-corrected chi connectivity index (χ1v) is 9.50. The predicted octanol–water partition coefficient (Wildman–Crippen LogP) is 2.67. The molecular weight excluding hydrogens is 306 g/mol. The van der Waals surface area contributed by atoms with Crippen molar-refractivity contribution in [3.8, 4) is 10.6 Å². The molecule has 114 valence electrons. The molecule has 0 aliphatic heterocycles. The number of benzene rings is 1. The van der Waals surface area contributed by atoms with Crippen molar-refractivity contribution < 1.29 is 8.42 Å². The minimum atomic E-state index is -3.16. The second-order valence-corrected chi connectivity index (χ2v) is 7.94. The van der Waals surface area contributed by atoms with Gasteiger partial charge in [-0.3, -0.25) is 0 Å². The Kier molecular flexibility index (Phi) is 5.08. The van der Waals surface area contributed by atoms with E-state index in [1.807, 2.05) is 0 Å². The maximum absolute atomic E-state index is 11.4. The van der Waals surface area contributed by atoms with Crippen molar-refractivity contribution in [1.82, 2.24) is 15.5 Å². The SMILES string of the molecule is CCCNC(C)c1nnc(-c2ccc(S(C)(=O)=O)cc2)s1. The fourth-order valence-corrected chi connectivity index (χ4v) is 3.32. The minimum Gasteiger partial charge on any atom is -0.308 e. The fraction of sp³-hybridized carbons (Fsp3) is 0.429. The monoisotopic (exact) mass is 325 g/mol. The normalized spacial score (nSPS) is 13.3. The van der Waals surface area contributed by atoms with Crippen molar-refractivity contribution in [3.63, 3.8) is 0 Å². The number of hydrogen-bond donors (Lipinski definition) is 1. The molecule has 2 rings (SSSR count). The summed E-state index contributed by atoms with van der Waals surface area (Å²) in [6, 6.07) is 6.91. The summed E-state index contributed by atoms with van der Waals surface area (Å²) in [5, 5.41) is 13.5. The highest BCUT2D eigenvalue weighted by molar-refractivity contribution is 7.90. The molecule has 1 N–H and O–H groups in total. The molecule has 1 unspecified atom stereocenters. The van der Waals surface area contributed by atoms with Gasteiger partial charge in [0, 0.05) is 11.8 Å². The Bertz CT molecular complexity index is 693. The first-order valence-electron chi connectivity index (χ1n) is 6.79. The summed E-state index contributed by atoms with van der Waals surface area (Å²) in [7, 11) is -3.16. The molecule has 0 aliphatic rings. The quantitative estimate of drug-likeness (QED) is 0.884. The third-order valence-corrected chi connectivity index (χ3v) is 5.32. The molecule has 1 aromatic carbocycles. The molecule has 0 spiro atoms. The van der Waals surface area contributed by atoms with Crippen LogP contribution in [0.5, 0.6) is 0 Å². The Hall–Kier alpha value is -1.31. The lowest BCUT2D eigenvalue weighted by Gasteiger charge is -2.08. The van der Waals surface area contributed by atoms with Crippen molar-refractivity contribution in [3.05, 3.63) is 29.3 Å². The van der Waals surface area contributed by atoms with E-state index < -0.39 is 9.84 Å². The average molecular weight is 325 g/mol. The van der Waals surface area contributed by atoms with Gasteiger partial charge in [-0.1, -0.05) is 30.4 Å². The van der Waals surface area contributed by atoms with Gasteiger partial charge in [0.05, 0.1) is 10.9 Å². The van der Waals surface area contributed by atoms with Gasteiger partial charge in [-0.15, -0.1) is 10.2 Å². The molecule has 0 amide bonds. The van der Waals surface area contributed by atoms with Gasteiger partial charge in [0.15, 0.2) is 9.84 Å². The van der Waals surface area contributed by atoms with Crippen LogP contribution in [0.3, 0.4) is 0 Å². The molecule has 2 aromatic rings. The van der Waals surface area contributed by atoms with Crippen molar-refractivity contribution in [2.45, 2.75) is 31.2 Å². The van der Waals surface area contributed by atoms with Gasteiger partial charge in [0.2, 0.25) is 0 Å². The average Bonchev–Trinajstić information content (AvgIpc) is 2.94. The summed E-state index contributed by atoms with van der Waals surface area (Å²) in [6.45, 7) is 5.13. The Morgan fingerprint density at radius 3 is 2.48 bits per heavy atom. The largest absolute Gasteiger partial charge is 0.308 e. The molecule has 21 heavy (non-hydrogen) atoms. The van der Waals surface area contributed by atoms with Crippen LogP contribution >= 0.6 is 11.3 Å². The van der Waals surface area contributed by atoms with Gasteiger partial charge in [-0.2, -0.15) is 0 Å². The van der Waals surface area contributed by atoms with Crippen molar-refractivity contribution >= 4 is 21.2 Å². The maximum Gasteiger partial charge on any atom is 0.175 e. The van der Waals surface area contributed by atoms with Crippen molar-refractivity contribution in [1.29, 1.82) is 0 Å². The topological polar surface area (TPSA) is 72.0 Å². The van der Waals surface area contributed by atoms with Crippen LogP contribution in [0.4, 0.5) is 0 Å². The third kappa shape index (κ3) is 4.09. The van der Waals surface area contributed by atoms with Crippen LogP contribution in [0.25, 0.3) is 10.6 Å². The second-order valence-electron chi connectivity index (χ2n) is 4.92. The predicted molar refractivity (Wildman–Crippen MR) is 85.2 cm³/mol. The molecule has 0 radical (unpaired) electrons. The number of sulfone groups is 1. The van der Waals surface area contributed by atoms with Crippen LogP contribution in [0, 0.1) is 0 Å². The van der Waals surface area contributed by atoms with E-state index in [4.69, 9.17) is 0 Å². The van der Waals surface area contributed by atoms with Crippen LogP contribution in [0.2, 0.25) is 0 Å². The van der Waals surface area contributed by atoms with Gasteiger partial charge in [-0.25, -0.2) is 8.42 Å². The third-order valence-electron chi connectivity index (χ3n) is 3.04. The van der Waals surface area contributed by atoms with Gasteiger partial charge < -0.3 is 5.32 Å². The number of rotatable bonds is 6. The lowest BCUT2D eigenvalue weighted by atomic mass is 10.2. The van der Waals surface area contributed by atoms with Crippen molar-refractivity contribution in [2.75, 3.05) is 12.8 Å². The molecule has 0 saturated heterocycles. The zero-order chi connectivity index (χ0) is 15.5. The molecule has 1 aromatic heterocycles. The molecule has 7 heteroatoms. The highest BCUT2D eigenvalue weighted by atomic mass is 32.2. The van der Waals surface area contributed by atoms with E-state index >= 15 is 0 Å². The van der Waals surface area contributed by atoms with Crippen molar-refractivity contribution in [2.24, 2.45) is 0 Å². The van der Waals surface area contributed by atoms with E-state index in [9.17, 15) is 8.42 Å². The summed E-state index contributed by atoms with van der Waals surface area (Å²) in [4.78, 5) is 0.314. The summed E-state index contributed by atoms with van der Waals surface area (Å²) in [5.41, 5.74) is 0.883. The summed E-state index contributed by atoms with van der Waals surface area (Å²) in [5.74, 6) is 0. The van der Waals surface area contributed by atoms with Gasteiger partial charge >= 0.3 is 0 Å². The highest BCUT2D eigenvalue weighted by Gasteiger charge is 2.13. The number of nitrogens with zero attached hydrogens (tertiary/aromatic N) is 2. The minimum absolute atomic E-state index is 0.173. The van der Waals surface area contributed by atoms with Crippen LogP contribution in [-0.2, 0) is 9.84 Å². The summed E-state index contributed by atoms with van der Waals surface area (Å²) < 4.78 is 22.9. The molecule has 0 fully saturated rings. The van der Waals surface area contributed by atoms with Crippen LogP contribution in [0.15, 0.2) is 29.2 Å². The Morgan fingerprint density at radius 2 is 1.90 bits per heavy atom. The standard InChI is InChI=1S/C14H19N3O2S2/c1-4-9-15-10(2)13-16-17-14(20-13)11-5-7-12(8-6-11)21(3,18)19/h5-8,10,15H,4,9H2,1-3H3. The van der Waals surface area contributed by atoms with Gasteiger partial charge in [0.25, 0.3) is 0 Å². The second kappa shape index (κ2) is 6.64. The molecule has 1 heterocycles. The zero-order valence-electron chi connectivity index (χ0n) is 12.3. The molecule has 1 atom stereocenters. The smallest absolute Gasteiger partial charge is 0.175 e. The van der Waals surface area contributed by atoms with E-state index in [0.717, 1.165) is 28.5 Å². The Balaban J connectivity index is 2.18. The number of hydrogen-bond acceptors (Lipinski definition) is 6. The Morgan fingerprint density at radius 1 is 1.24 bits per heavy atom. The van der Waals surface area contributed by atoms with Crippen LogP contribution in [-0.4, -0.2) is 31.4 Å². The van der Waals surface area contributed by atoms with Crippen LogP contribution in [0.1, 0.15) is 31.3 Å². The summed E-state index contributed by atoms with van der Waals surface area (Å²) in [6.07, 6.45) is 2.27. The summed E-state index contributed by atoms with van der Waals surface area (Å²) >= 11 is 1.52. The number of aromatic nitrogens is 2. The van der Waals surface area contributed by atoms with E-state index in [2.05, 4.69) is 29.4 Å². The number of nitrogens with one attached hydrogen (secondary N) is 1. The molecule has 0 aliphatic carbocycles. The highest BCUT2D eigenvalue weighted by Crippen LogP contribution is 2.27. The van der Waals surface area contributed by atoms with Gasteiger partial charge in [-0.05, 0) is 32.0 Å². The molecule has 5 nitrogen and oxygen atoms in total. The lowest BCUT2D eigenvalue weighted by Crippen LogP contribution is -2.18. The maximum atomic E-state index is 11.4. The van der Waals surface area contributed by atoms with Crippen LogP contribution < -0.4 is 5.32 Å². The Labute approximate surface area is 129 Å². The molecule has 0 saturated carbocycles. The first kappa shape index (κ1) is 16.1. The fourth-order valence-electron chi connectivity index (χ4n) is 1.82. The zero-order valence-corrected chi connectivity index (χ0v) is 14.0. The first-order chi connectivity index (χ1) is 9.91. The van der Waals surface area contributed by atoms with Gasteiger partial charge in [0.1, 0.15) is 10.0 Å². The molecular formula is C14H19N3O2S2. The van der Waals surface area contributed by atoms with E-state index in [0.29, 0.717) is 4.90 Å². The van der Waals surface area contributed by atoms with E-state index in [-0.39, 0.29) is 6.04 Å². The van der Waals surface area contributed by atoms with E-state index in [1.54, 1.807) is 24.3 Å². The lowest BCUT2D eigenvalue weighted by molar-refractivity contribution is 0.564. The van der Waals surface area contributed by atoms with E-state index in [1.165, 1.54) is 17.6 Å². The molecule has 0 bridgehead atoms.